The third-order valence-electron chi connectivity index (χ3n) is 7.45. The topological polar surface area (TPSA) is 159 Å². The maximum Gasteiger partial charge on any atom is 0.398 e. The number of amides is 2. The summed E-state index contributed by atoms with van der Waals surface area (Å²) in [6, 6.07) is 13.4. The van der Waals surface area contributed by atoms with Gasteiger partial charge in [0.05, 0.1) is 18.7 Å². The Morgan fingerprint density at radius 3 is 2.09 bits per heavy atom. The van der Waals surface area contributed by atoms with E-state index >= 15 is 4.39 Å². The summed E-state index contributed by atoms with van der Waals surface area (Å²) in [6.45, 7) is -0.545. The van der Waals surface area contributed by atoms with Gasteiger partial charge in [0.2, 0.25) is 0 Å². The molecule has 0 radical (unpaired) electrons. The van der Waals surface area contributed by atoms with Gasteiger partial charge in [-0.25, -0.2) is 9.18 Å². The second-order valence-corrected chi connectivity index (χ2v) is 10.6. The maximum atomic E-state index is 15.1. The van der Waals surface area contributed by atoms with Crippen LogP contribution in [0.5, 0.6) is 17.2 Å². The number of likely N-dealkylation sites (tertiary alicyclic amines) is 1. The van der Waals surface area contributed by atoms with E-state index in [4.69, 9.17) is 28.5 Å². The minimum atomic E-state index is -1.65. The normalized spacial score (nSPS) is 17.6. The molecule has 0 spiro atoms. The summed E-state index contributed by atoms with van der Waals surface area (Å²) >= 11 is 0. The molecular formula is C33H35FN2O11. The molecule has 0 aliphatic carbocycles. The summed E-state index contributed by atoms with van der Waals surface area (Å²) < 4.78 is 39.4. The van der Waals surface area contributed by atoms with E-state index in [-0.39, 0.29) is 49.3 Å². The molecule has 0 bridgehead atoms. The number of hydrogen-bond donors (Lipinski definition) is 1. The van der Waals surface area contributed by atoms with Gasteiger partial charge in [-0.2, -0.15) is 0 Å². The first-order valence-corrected chi connectivity index (χ1v) is 14.6. The van der Waals surface area contributed by atoms with Gasteiger partial charge in [-0.05, 0) is 61.4 Å². The highest BCUT2D eigenvalue weighted by Crippen LogP contribution is 2.31. The minimum absolute atomic E-state index is 0.00982. The quantitative estimate of drug-likeness (QED) is 0.174. The molecule has 3 aromatic carbocycles. The highest BCUT2D eigenvalue weighted by molar-refractivity contribution is 6.11. The van der Waals surface area contributed by atoms with Crippen molar-refractivity contribution in [2.45, 2.75) is 25.3 Å². The van der Waals surface area contributed by atoms with Crippen LogP contribution in [0.2, 0.25) is 0 Å². The summed E-state index contributed by atoms with van der Waals surface area (Å²) in [5.41, 5.74) is -0.131. The van der Waals surface area contributed by atoms with Gasteiger partial charge in [-0.15, -0.1) is 0 Å². The highest BCUT2D eigenvalue weighted by atomic mass is 19.1. The van der Waals surface area contributed by atoms with Gasteiger partial charge in [0, 0.05) is 31.8 Å². The summed E-state index contributed by atoms with van der Waals surface area (Å²) in [5, 5.41) is 15.3. The van der Waals surface area contributed by atoms with E-state index in [2.05, 4.69) is 5.32 Å². The van der Waals surface area contributed by atoms with E-state index in [0.717, 1.165) is 0 Å². The van der Waals surface area contributed by atoms with E-state index in [1.807, 2.05) is 0 Å². The largest absolute Gasteiger partial charge is 0.495 e. The first-order chi connectivity index (χ1) is 22.6. The van der Waals surface area contributed by atoms with Crippen LogP contribution < -0.4 is 24.6 Å². The average Bonchev–Trinajstić information content (AvgIpc) is 3.28. The number of nitrogens with one attached hydrogen (secondary N) is 1. The lowest BCUT2D eigenvalue weighted by atomic mass is 10.00. The fourth-order valence-electron chi connectivity index (χ4n) is 5.06. The Bertz CT molecular complexity index is 1580. The SMILES string of the molecule is COCOc1ccc(C(=O)NC2CCCC[N+](OC(=O)c3ccc(C(=O)c4c(OCOC)ccc(OC)c4F)cc3)(C(=O)[O-])C2)cc1. The van der Waals surface area contributed by atoms with Crippen LogP contribution in [-0.4, -0.2) is 82.4 Å². The van der Waals surface area contributed by atoms with Crippen molar-refractivity contribution in [2.24, 2.45) is 0 Å². The molecule has 250 valence electrons. The Kier molecular flexibility index (Phi) is 11.8. The van der Waals surface area contributed by atoms with Gasteiger partial charge in [-0.3, -0.25) is 14.4 Å². The molecular weight excluding hydrogens is 619 g/mol. The predicted molar refractivity (Wildman–Crippen MR) is 160 cm³/mol. The molecule has 0 aromatic heterocycles. The minimum Gasteiger partial charge on any atom is -0.495 e. The summed E-state index contributed by atoms with van der Waals surface area (Å²) in [5.74, 6) is -2.88. The number of methoxy groups -OCH3 is 3. The van der Waals surface area contributed by atoms with E-state index < -0.39 is 45.8 Å². The van der Waals surface area contributed by atoms with Gasteiger partial charge >= 0.3 is 12.1 Å². The standard InChI is InChI=1S/C33H35FN2O11/c1-42-19-45-25-13-11-22(12-14-25)31(38)35-24-6-4-5-17-36(18-24,33(40)41)47-32(39)23-9-7-21(8-10-23)30(37)28-26(46-20-43-2)15-16-27(44-3)29(28)34/h7-16,24H,4-6,17-20H2,1-3H3,(H-,35,38,40,41). The van der Waals surface area contributed by atoms with Crippen molar-refractivity contribution in [2.75, 3.05) is 48.0 Å². The summed E-state index contributed by atoms with van der Waals surface area (Å²) in [7, 11) is 4.11. The zero-order valence-electron chi connectivity index (χ0n) is 26.1. The molecule has 2 unspecified atom stereocenters. The van der Waals surface area contributed by atoms with Gasteiger partial charge < -0.3 is 38.9 Å². The Labute approximate surface area is 270 Å². The second kappa shape index (κ2) is 16.0. The molecule has 1 N–H and O–H groups in total. The van der Waals surface area contributed by atoms with E-state index in [0.29, 0.717) is 30.6 Å². The zero-order valence-corrected chi connectivity index (χ0v) is 26.1. The first kappa shape index (κ1) is 34.8. The number of nitrogens with zero attached hydrogens (tertiary/aromatic N) is 1. The van der Waals surface area contributed by atoms with Crippen molar-refractivity contribution in [1.29, 1.82) is 0 Å². The fraction of sp³-hybridized carbons (Fsp3) is 0.333. The molecule has 13 nitrogen and oxygen atoms in total. The molecule has 14 heteroatoms. The number of carboxylic acid groups (broad SMARTS) is 1. The molecule has 2 amide bonds. The van der Waals surface area contributed by atoms with Gasteiger partial charge in [0.25, 0.3) is 5.91 Å². The number of halogens is 1. The van der Waals surface area contributed by atoms with Crippen molar-refractivity contribution in [3.05, 3.63) is 88.7 Å². The van der Waals surface area contributed by atoms with E-state index in [9.17, 15) is 24.3 Å². The van der Waals surface area contributed by atoms with E-state index in [1.165, 1.54) is 57.7 Å². The molecule has 1 saturated heterocycles. The predicted octanol–water partition coefficient (Wildman–Crippen LogP) is 3.25. The van der Waals surface area contributed by atoms with Crippen LogP contribution in [0.4, 0.5) is 9.18 Å². The number of hydrogen-bond acceptors (Lipinski definition) is 11. The van der Waals surface area contributed by atoms with Crippen molar-refractivity contribution in [1.82, 2.24) is 5.32 Å². The number of ketones is 1. The zero-order chi connectivity index (χ0) is 34.0. The number of ether oxygens (including phenoxy) is 5. The third kappa shape index (κ3) is 8.41. The number of hydroxylamine groups is 3. The Morgan fingerprint density at radius 1 is 0.830 bits per heavy atom. The number of rotatable bonds is 12. The monoisotopic (exact) mass is 654 g/mol. The smallest absolute Gasteiger partial charge is 0.398 e. The lowest BCUT2D eigenvalue weighted by Crippen LogP contribution is -2.63. The van der Waals surface area contributed by atoms with E-state index in [1.54, 1.807) is 24.3 Å². The summed E-state index contributed by atoms with van der Waals surface area (Å²) in [6.07, 6.45) is -0.262. The Hall–Kier alpha value is -5.05. The first-order valence-electron chi connectivity index (χ1n) is 14.6. The third-order valence-corrected chi connectivity index (χ3v) is 7.45. The summed E-state index contributed by atoms with van der Waals surface area (Å²) in [4.78, 5) is 57.5. The van der Waals surface area contributed by atoms with Crippen LogP contribution in [0.1, 0.15) is 55.9 Å². The Balaban J connectivity index is 1.49. The van der Waals surface area contributed by atoms with Gasteiger partial charge in [0.1, 0.15) is 30.2 Å². The lowest BCUT2D eigenvalue weighted by molar-refractivity contribution is -1.04. The molecule has 1 fully saturated rings. The van der Waals surface area contributed by atoms with Gasteiger partial charge in [0.15, 0.2) is 30.9 Å². The second-order valence-electron chi connectivity index (χ2n) is 10.6. The van der Waals surface area contributed by atoms with Crippen molar-refractivity contribution in [3.63, 3.8) is 0 Å². The van der Waals surface area contributed by atoms with Crippen LogP contribution in [0.15, 0.2) is 60.7 Å². The fourth-order valence-corrected chi connectivity index (χ4v) is 5.06. The van der Waals surface area contributed by atoms with Gasteiger partial charge in [-0.1, -0.05) is 16.8 Å². The van der Waals surface area contributed by atoms with Crippen molar-refractivity contribution >= 4 is 23.8 Å². The molecule has 2 atom stereocenters. The van der Waals surface area contributed by atoms with Crippen LogP contribution in [0, 0.1) is 5.82 Å². The number of carbonyl (C=O) groups is 4. The number of carbonyl (C=O) groups excluding carboxylic acids is 4. The molecule has 1 aliphatic heterocycles. The Morgan fingerprint density at radius 2 is 1.45 bits per heavy atom. The van der Waals surface area contributed by atoms with Crippen molar-refractivity contribution in [3.8, 4) is 17.2 Å². The van der Waals surface area contributed by atoms with Crippen molar-refractivity contribution < 1.29 is 61.8 Å². The molecule has 3 aromatic rings. The number of quaternary nitrogens is 1. The molecule has 47 heavy (non-hydrogen) atoms. The van der Waals surface area contributed by atoms with Crippen LogP contribution >= 0.6 is 0 Å². The average molecular weight is 655 g/mol. The highest BCUT2D eigenvalue weighted by Gasteiger charge is 2.41. The molecule has 0 saturated carbocycles. The molecule has 1 aliphatic rings. The number of benzene rings is 3. The van der Waals surface area contributed by atoms with Crippen LogP contribution in [0.3, 0.4) is 0 Å². The maximum absolute atomic E-state index is 15.1. The van der Waals surface area contributed by atoms with Crippen LogP contribution in [0.25, 0.3) is 0 Å². The lowest BCUT2D eigenvalue weighted by Gasteiger charge is -2.34. The molecule has 1 heterocycles. The van der Waals surface area contributed by atoms with Crippen LogP contribution in [-0.2, 0) is 14.3 Å². The molecule has 4 rings (SSSR count).